The minimum Gasteiger partial charge on any atom is -0.147 e. The van der Waals surface area contributed by atoms with Crippen LogP contribution in [0.3, 0.4) is 0 Å². The third kappa shape index (κ3) is 25.8. The first-order valence-electron chi connectivity index (χ1n) is 2.21. The standard InChI is InChI=1S/C4H11Si.3ClH.Sn/c1-5(2,3)4;;;;/h1H2,2-4H3;3*1H;. The first-order chi connectivity index (χ1) is 2.56. The van der Waals surface area contributed by atoms with Crippen LogP contribution in [-0.2, 0) is 0 Å². The van der Waals surface area contributed by atoms with Crippen LogP contribution in [0.1, 0.15) is 0 Å². The number of hydrogen-bond donors (Lipinski definition) is 0. The van der Waals surface area contributed by atoms with Crippen molar-refractivity contribution in [1.82, 2.24) is 0 Å². The van der Waals surface area contributed by atoms with E-state index in [-0.39, 0.29) is 37.2 Å². The SMILES string of the molecule is C[Si](C)(C)[CH2][Sn].Cl.Cl.Cl. The van der Waals surface area contributed by atoms with Crippen LogP contribution in [0, 0.1) is 0 Å². The zero-order valence-electron chi connectivity index (χ0n) is 5.93. The summed E-state index contributed by atoms with van der Waals surface area (Å²) in [4.78, 5) is 0. The van der Waals surface area contributed by atoms with E-state index < -0.39 is 8.07 Å². The Morgan fingerprint density at radius 3 is 1.11 bits per heavy atom. The van der Waals surface area contributed by atoms with Gasteiger partial charge < -0.3 is 0 Å². The van der Waals surface area contributed by atoms with Crippen LogP contribution >= 0.6 is 37.2 Å². The van der Waals surface area contributed by atoms with Crippen molar-refractivity contribution >= 4 is 67.8 Å². The van der Waals surface area contributed by atoms with Gasteiger partial charge in [0, 0.05) is 0 Å². The summed E-state index contributed by atoms with van der Waals surface area (Å²) >= 11 is 1.71. The Morgan fingerprint density at radius 1 is 1.00 bits per heavy atom. The molecule has 0 nitrogen and oxygen atoms in total. The smallest absolute Gasteiger partial charge is 0.147 e. The Hall–Kier alpha value is 1.89. The maximum atomic E-state index is 2.40. The second-order valence-corrected chi connectivity index (χ2v) is 11.2. The van der Waals surface area contributed by atoms with Gasteiger partial charge in [-0.1, -0.05) is 0 Å². The molecule has 5 heteroatoms. The van der Waals surface area contributed by atoms with Crippen LogP contribution in [0.15, 0.2) is 0 Å². The molecular weight excluding hydrogens is 301 g/mol. The van der Waals surface area contributed by atoms with E-state index in [1.807, 2.05) is 0 Å². The Balaban J connectivity index is -0.0000000417. The van der Waals surface area contributed by atoms with Gasteiger partial charge in [0.15, 0.2) is 0 Å². The molecule has 0 N–H and O–H groups in total. The Morgan fingerprint density at radius 2 is 1.11 bits per heavy atom. The van der Waals surface area contributed by atoms with Gasteiger partial charge in [0.1, 0.15) is 0 Å². The molecule has 0 amide bonds. The molecule has 0 aromatic carbocycles. The third-order valence-corrected chi connectivity index (χ3v) is 10.7. The normalized spacial score (nSPS) is 8.00. The van der Waals surface area contributed by atoms with Crippen molar-refractivity contribution < 1.29 is 0 Å². The molecular formula is C4H14Cl3SiSn. The van der Waals surface area contributed by atoms with Gasteiger partial charge in [0.25, 0.3) is 0 Å². The van der Waals surface area contributed by atoms with Crippen molar-refractivity contribution in [3.8, 4) is 0 Å². The number of halogens is 3. The van der Waals surface area contributed by atoms with E-state index in [4.69, 9.17) is 0 Å². The van der Waals surface area contributed by atoms with E-state index in [0.717, 1.165) is 0 Å². The van der Waals surface area contributed by atoms with E-state index in [1.54, 1.807) is 22.5 Å². The molecule has 0 unspecified atom stereocenters. The summed E-state index contributed by atoms with van der Waals surface area (Å²) in [5, 5.41) is 0. The number of hydrogen-bond acceptors (Lipinski definition) is 0. The van der Waals surface area contributed by atoms with E-state index in [0.29, 0.717) is 0 Å². The Kier molecular flexibility index (Phi) is 24.6. The van der Waals surface area contributed by atoms with Crippen molar-refractivity contribution in [3.63, 3.8) is 0 Å². The number of rotatable bonds is 1. The predicted octanol–water partition coefficient (Wildman–Crippen LogP) is 2.72. The van der Waals surface area contributed by atoms with Crippen molar-refractivity contribution in [1.29, 1.82) is 0 Å². The van der Waals surface area contributed by atoms with Crippen LogP contribution in [-0.4, -0.2) is 30.6 Å². The van der Waals surface area contributed by atoms with Crippen LogP contribution < -0.4 is 0 Å². The molecule has 0 fully saturated rings. The summed E-state index contributed by atoms with van der Waals surface area (Å²) in [7, 11) is -0.591. The minimum atomic E-state index is -0.591. The molecule has 0 saturated heterocycles. The monoisotopic (exact) mass is 315 g/mol. The Bertz CT molecular complexity index is 45.6. The second-order valence-electron chi connectivity index (χ2n) is 2.74. The molecule has 0 spiro atoms. The fourth-order valence-corrected chi connectivity index (χ4v) is 0. The van der Waals surface area contributed by atoms with E-state index in [1.165, 1.54) is 4.06 Å². The maximum Gasteiger partial charge on any atom is -0.147 e. The zero-order valence-corrected chi connectivity index (χ0v) is 12.2. The first-order valence-corrected chi connectivity index (χ1v) is 7.93. The van der Waals surface area contributed by atoms with Crippen molar-refractivity contribution in [3.05, 3.63) is 0 Å². The van der Waals surface area contributed by atoms with Crippen LogP contribution in [0.2, 0.25) is 23.7 Å². The maximum absolute atomic E-state index is 2.40. The molecule has 0 atom stereocenters. The van der Waals surface area contributed by atoms with Crippen molar-refractivity contribution in [2.45, 2.75) is 23.7 Å². The molecule has 0 aromatic heterocycles. The predicted molar refractivity (Wildman–Crippen MR) is 55.7 cm³/mol. The van der Waals surface area contributed by atoms with Gasteiger partial charge in [-0.05, 0) is 0 Å². The quantitative estimate of drug-likeness (QED) is 0.653. The van der Waals surface area contributed by atoms with Gasteiger partial charge in [0.2, 0.25) is 0 Å². The van der Waals surface area contributed by atoms with Gasteiger partial charge in [0.05, 0.1) is 0 Å². The molecule has 3 radical (unpaired) electrons. The van der Waals surface area contributed by atoms with Gasteiger partial charge >= 0.3 is 54.3 Å². The molecule has 0 heterocycles. The van der Waals surface area contributed by atoms with Gasteiger partial charge in [-0.2, -0.15) is 0 Å². The zero-order chi connectivity index (χ0) is 5.21. The molecule has 0 aromatic rings. The molecule has 0 bridgehead atoms. The molecule has 59 valence electrons. The van der Waals surface area contributed by atoms with Crippen LogP contribution in [0.25, 0.3) is 0 Å². The van der Waals surface area contributed by atoms with E-state index in [2.05, 4.69) is 19.6 Å². The van der Waals surface area contributed by atoms with E-state index >= 15 is 0 Å². The topological polar surface area (TPSA) is 0 Å². The fraction of sp³-hybridized carbons (Fsp3) is 1.00. The molecule has 0 saturated carbocycles. The summed E-state index contributed by atoms with van der Waals surface area (Å²) in [6.07, 6.45) is 0. The van der Waals surface area contributed by atoms with Crippen molar-refractivity contribution in [2.75, 3.05) is 0 Å². The summed E-state index contributed by atoms with van der Waals surface area (Å²) in [6.45, 7) is 7.21. The Labute approximate surface area is 90.9 Å². The second kappa shape index (κ2) is 9.89. The van der Waals surface area contributed by atoms with E-state index in [9.17, 15) is 0 Å². The summed E-state index contributed by atoms with van der Waals surface area (Å²) < 4.78 is 1.50. The summed E-state index contributed by atoms with van der Waals surface area (Å²) in [5.41, 5.74) is 0. The average Bonchev–Trinajstić information content (AvgIpc) is 1.35. The van der Waals surface area contributed by atoms with Gasteiger partial charge in [-0.3, -0.25) is 0 Å². The average molecular weight is 315 g/mol. The molecule has 0 rings (SSSR count). The van der Waals surface area contributed by atoms with Gasteiger partial charge in [-0.15, -0.1) is 37.2 Å². The molecule has 0 aliphatic carbocycles. The first kappa shape index (κ1) is 22.4. The third-order valence-electron chi connectivity index (χ3n) is 0.530. The summed E-state index contributed by atoms with van der Waals surface area (Å²) in [5.74, 6) is 0. The largest absolute Gasteiger partial charge is 0.147 e. The molecule has 0 aliphatic rings. The molecule has 9 heavy (non-hydrogen) atoms. The van der Waals surface area contributed by atoms with Crippen LogP contribution in [0.5, 0.6) is 0 Å². The van der Waals surface area contributed by atoms with Crippen LogP contribution in [0.4, 0.5) is 0 Å². The van der Waals surface area contributed by atoms with Crippen molar-refractivity contribution in [2.24, 2.45) is 0 Å². The summed E-state index contributed by atoms with van der Waals surface area (Å²) in [6, 6.07) is 0. The fourth-order valence-electron chi connectivity index (χ4n) is 0. The van der Waals surface area contributed by atoms with Gasteiger partial charge in [-0.25, -0.2) is 0 Å². The molecule has 0 aliphatic heterocycles. The minimum absolute atomic E-state index is 0.